The van der Waals surface area contributed by atoms with E-state index in [-0.39, 0.29) is 11.1 Å². The Morgan fingerprint density at radius 1 is 1.55 bits per heavy atom. The van der Waals surface area contributed by atoms with Gasteiger partial charge in [-0.15, -0.1) is 0 Å². The van der Waals surface area contributed by atoms with Gasteiger partial charge in [-0.1, -0.05) is 12.8 Å². The molecular weight excluding hydrogens is 324 g/mol. The number of anilines is 1. The molecule has 0 aromatic carbocycles. The lowest BCUT2D eigenvalue weighted by Gasteiger charge is -2.30. The molecule has 20 heavy (non-hydrogen) atoms. The van der Waals surface area contributed by atoms with Gasteiger partial charge in [0, 0.05) is 19.2 Å². The second-order valence-corrected chi connectivity index (χ2v) is 6.00. The third kappa shape index (κ3) is 3.21. The summed E-state index contributed by atoms with van der Waals surface area (Å²) in [6, 6.07) is 0. The van der Waals surface area contributed by atoms with E-state index in [4.69, 9.17) is 10.5 Å². The van der Waals surface area contributed by atoms with Crippen LogP contribution in [0.3, 0.4) is 0 Å². The number of ether oxygens (including phenoxy) is 1. The summed E-state index contributed by atoms with van der Waals surface area (Å²) in [4.78, 5) is 12.2. The maximum Gasteiger partial charge on any atom is 0.283 e. The number of nitrogens with one attached hydrogen (secondary N) is 1. The van der Waals surface area contributed by atoms with Gasteiger partial charge in [-0.05, 0) is 28.8 Å². The molecule has 0 bridgehead atoms. The third-order valence-corrected chi connectivity index (χ3v) is 4.61. The number of aromatic nitrogens is 2. The van der Waals surface area contributed by atoms with Gasteiger partial charge < -0.3 is 15.8 Å². The minimum absolute atomic E-state index is 0.102. The summed E-state index contributed by atoms with van der Waals surface area (Å²) in [5.41, 5.74) is 6.36. The topological polar surface area (TPSA) is 82.2 Å². The van der Waals surface area contributed by atoms with Gasteiger partial charge in [-0.25, -0.2) is 4.68 Å². The van der Waals surface area contributed by atoms with Crippen LogP contribution in [0.2, 0.25) is 0 Å². The maximum absolute atomic E-state index is 12.2. The Kier molecular flexibility index (Phi) is 5.17. The minimum Gasteiger partial charge on any atom is -0.383 e. The molecule has 0 radical (unpaired) electrons. The van der Waals surface area contributed by atoms with E-state index >= 15 is 0 Å². The van der Waals surface area contributed by atoms with Crippen LogP contribution >= 0.6 is 15.9 Å². The SMILES string of the molecule is COCCn1ncc(NC2(CN)CCCC2)c(Br)c1=O. The first-order valence-corrected chi connectivity index (χ1v) is 7.64. The van der Waals surface area contributed by atoms with Gasteiger partial charge in [-0.2, -0.15) is 5.10 Å². The summed E-state index contributed by atoms with van der Waals surface area (Å²) in [5, 5.41) is 7.59. The van der Waals surface area contributed by atoms with Gasteiger partial charge >= 0.3 is 0 Å². The molecule has 112 valence electrons. The number of hydrogen-bond acceptors (Lipinski definition) is 5. The fraction of sp³-hybridized carbons (Fsp3) is 0.692. The van der Waals surface area contributed by atoms with E-state index in [1.165, 1.54) is 17.5 Å². The van der Waals surface area contributed by atoms with Crippen molar-refractivity contribution < 1.29 is 4.74 Å². The number of nitrogens with zero attached hydrogens (tertiary/aromatic N) is 2. The number of hydrogen-bond donors (Lipinski definition) is 2. The highest BCUT2D eigenvalue weighted by Crippen LogP contribution is 2.33. The Labute approximate surface area is 126 Å². The number of nitrogens with two attached hydrogens (primary N) is 1. The summed E-state index contributed by atoms with van der Waals surface area (Å²) < 4.78 is 6.86. The van der Waals surface area contributed by atoms with Gasteiger partial charge in [0.25, 0.3) is 5.56 Å². The first kappa shape index (κ1) is 15.5. The van der Waals surface area contributed by atoms with Crippen LogP contribution in [0.15, 0.2) is 15.5 Å². The van der Waals surface area contributed by atoms with Gasteiger partial charge in [0.05, 0.1) is 25.0 Å². The molecular formula is C13H21BrN4O2. The molecule has 0 aliphatic heterocycles. The van der Waals surface area contributed by atoms with Crippen LogP contribution in [0, 0.1) is 0 Å². The van der Waals surface area contributed by atoms with Crippen molar-refractivity contribution in [2.75, 3.05) is 25.6 Å². The van der Waals surface area contributed by atoms with E-state index in [1.807, 2.05) is 0 Å². The zero-order valence-corrected chi connectivity index (χ0v) is 13.3. The predicted octanol–water partition coefficient (Wildman–Crippen LogP) is 1.34. The molecule has 2 rings (SSSR count). The molecule has 0 spiro atoms. The smallest absolute Gasteiger partial charge is 0.283 e. The highest BCUT2D eigenvalue weighted by molar-refractivity contribution is 9.10. The first-order valence-electron chi connectivity index (χ1n) is 6.85. The standard InChI is InChI=1S/C13H21BrN4O2/c1-20-7-6-18-12(19)11(14)10(8-16-18)17-13(9-15)4-2-3-5-13/h8,17H,2-7,9,15H2,1H3. The molecule has 0 unspecified atom stereocenters. The van der Waals surface area contributed by atoms with Crippen molar-refractivity contribution in [1.82, 2.24) is 9.78 Å². The molecule has 1 saturated carbocycles. The molecule has 0 saturated heterocycles. The normalized spacial score (nSPS) is 17.4. The van der Waals surface area contributed by atoms with Crippen LogP contribution in [0.4, 0.5) is 5.69 Å². The minimum atomic E-state index is -0.155. The second-order valence-electron chi connectivity index (χ2n) is 5.21. The van der Waals surface area contributed by atoms with Crippen molar-refractivity contribution in [3.05, 3.63) is 21.0 Å². The van der Waals surface area contributed by atoms with Gasteiger partial charge in [0.1, 0.15) is 4.47 Å². The fourth-order valence-corrected chi connectivity index (χ4v) is 3.01. The van der Waals surface area contributed by atoms with E-state index in [2.05, 4.69) is 26.3 Å². The zero-order chi connectivity index (χ0) is 14.6. The summed E-state index contributed by atoms with van der Waals surface area (Å²) in [7, 11) is 1.60. The lowest BCUT2D eigenvalue weighted by molar-refractivity contribution is 0.181. The first-order chi connectivity index (χ1) is 9.62. The van der Waals surface area contributed by atoms with Gasteiger partial charge in [0.2, 0.25) is 0 Å². The monoisotopic (exact) mass is 344 g/mol. The quantitative estimate of drug-likeness (QED) is 0.813. The van der Waals surface area contributed by atoms with Crippen LogP contribution in [-0.4, -0.2) is 35.6 Å². The molecule has 1 aromatic heterocycles. The molecule has 1 aliphatic carbocycles. The number of methoxy groups -OCH3 is 1. The Balaban J connectivity index is 2.21. The second kappa shape index (κ2) is 6.69. The average molecular weight is 345 g/mol. The summed E-state index contributed by atoms with van der Waals surface area (Å²) in [5.74, 6) is 0. The van der Waals surface area contributed by atoms with Gasteiger partial charge in [-0.3, -0.25) is 4.79 Å². The summed E-state index contributed by atoms with van der Waals surface area (Å²) >= 11 is 3.37. The van der Waals surface area contributed by atoms with E-state index < -0.39 is 0 Å². The van der Waals surface area contributed by atoms with Crippen LogP contribution in [0.25, 0.3) is 0 Å². The van der Waals surface area contributed by atoms with Crippen LogP contribution < -0.4 is 16.6 Å². The average Bonchev–Trinajstić information content (AvgIpc) is 2.92. The summed E-state index contributed by atoms with van der Waals surface area (Å²) in [6.45, 7) is 1.46. The summed E-state index contributed by atoms with van der Waals surface area (Å²) in [6.07, 6.45) is 6.07. The van der Waals surface area contributed by atoms with Crippen LogP contribution in [-0.2, 0) is 11.3 Å². The molecule has 1 fully saturated rings. The molecule has 0 atom stereocenters. The number of rotatable bonds is 6. The lowest BCUT2D eigenvalue weighted by Crippen LogP contribution is -2.43. The molecule has 0 amide bonds. The highest BCUT2D eigenvalue weighted by atomic mass is 79.9. The molecule has 7 heteroatoms. The Morgan fingerprint density at radius 2 is 2.25 bits per heavy atom. The largest absolute Gasteiger partial charge is 0.383 e. The van der Waals surface area contributed by atoms with Crippen molar-refractivity contribution in [3.63, 3.8) is 0 Å². The van der Waals surface area contributed by atoms with E-state index in [1.54, 1.807) is 13.3 Å². The van der Waals surface area contributed by atoms with Crippen LogP contribution in [0.5, 0.6) is 0 Å². The Bertz CT molecular complexity index is 512. The predicted molar refractivity (Wildman–Crippen MR) is 81.9 cm³/mol. The molecule has 1 heterocycles. The zero-order valence-electron chi connectivity index (χ0n) is 11.7. The van der Waals surface area contributed by atoms with Crippen molar-refractivity contribution in [2.24, 2.45) is 5.73 Å². The van der Waals surface area contributed by atoms with Crippen molar-refractivity contribution >= 4 is 21.6 Å². The van der Waals surface area contributed by atoms with Crippen molar-refractivity contribution in [2.45, 2.75) is 37.8 Å². The molecule has 1 aromatic rings. The Hall–Kier alpha value is -0.920. The van der Waals surface area contributed by atoms with Crippen LogP contribution in [0.1, 0.15) is 25.7 Å². The van der Waals surface area contributed by atoms with E-state index in [9.17, 15) is 4.79 Å². The highest BCUT2D eigenvalue weighted by Gasteiger charge is 2.33. The third-order valence-electron chi connectivity index (χ3n) is 3.84. The maximum atomic E-state index is 12.2. The molecule has 3 N–H and O–H groups in total. The van der Waals surface area contributed by atoms with E-state index in [0.717, 1.165) is 18.5 Å². The van der Waals surface area contributed by atoms with E-state index in [0.29, 0.717) is 24.2 Å². The molecule has 1 aliphatic rings. The van der Waals surface area contributed by atoms with Crippen molar-refractivity contribution in [1.29, 1.82) is 0 Å². The lowest BCUT2D eigenvalue weighted by atomic mass is 9.97. The molecule has 6 nitrogen and oxygen atoms in total. The van der Waals surface area contributed by atoms with Gasteiger partial charge in [0.15, 0.2) is 0 Å². The fourth-order valence-electron chi connectivity index (χ4n) is 2.61. The number of halogens is 1. The van der Waals surface area contributed by atoms with Crippen molar-refractivity contribution in [3.8, 4) is 0 Å². The Morgan fingerprint density at radius 3 is 2.85 bits per heavy atom.